The summed E-state index contributed by atoms with van der Waals surface area (Å²) < 4.78 is 46.0. The fourth-order valence-electron chi connectivity index (χ4n) is 3.61. The molecule has 2 aromatic heterocycles. The normalized spacial score (nSPS) is 15.3. The predicted molar refractivity (Wildman–Crippen MR) is 106 cm³/mol. The molecule has 0 bridgehead atoms. The summed E-state index contributed by atoms with van der Waals surface area (Å²) in [6.07, 6.45) is -2.36. The first-order valence-corrected chi connectivity index (χ1v) is 9.78. The van der Waals surface area contributed by atoms with Gasteiger partial charge in [0.2, 0.25) is 5.91 Å². The van der Waals surface area contributed by atoms with E-state index in [0.717, 1.165) is 17.4 Å². The maximum absolute atomic E-state index is 13.2. The first kappa shape index (κ1) is 20.9. The zero-order valence-corrected chi connectivity index (χ0v) is 16.8. The topological polar surface area (TPSA) is 84.6 Å². The molecule has 3 heterocycles. The standard InChI is InChI=1S/C20H21F3N6O2/c1-31-15-4-2-13(3-5-15)11-24-18(30)14-6-8-28(9-7-14)17-10-16(20(21,22)23)27-19-25-12-26-29(17)19/h2-5,10,12,14H,6-9,11H2,1H3,(H,24,30). The molecule has 164 valence electrons. The van der Waals surface area contributed by atoms with Gasteiger partial charge in [-0.05, 0) is 30.5 Å². The van der Waals surface area contributed by atoms with E-state index in [4.69, 9.17) is 4.74 Å². The van der Waals surface area contributed by atoms with E-state index in [1.54, 1.807) is 12.0 Å². The summed E-state index contributed by atoms with van der Waals surface area (Å²) in [6.45, 7) is 1.26. The molecule has 1 aromatic carbocycles. The molecule has 1 N–H and O–H groups in total. The van der Waals surface area contributed by atoms with Gasteiger partial charge in [0.05, 0.1) is 7.11 Å². The number of hydrogen-bond donors (Lipinski definition) is 1. The van der Waals surface area contributed by atoms with Gasteiger partial charge in [0.25, 0.3) is 5.78 Å². The van der Waals surface area contributed by atoms with Crippen molar-refractivity contribution in [3.05, 3.63) is 47.9 Å². The van der Waals surface area contributed by atoms with E-state index in [2.05, 4.69) is 20.4 Å². The number of amides is 1. The summed E-state index contributed by atoms with van der Waals surface area (Å²) in [5, 5.41) is 6.92. The summed E-state index contributed by atoms with van der Waals surface area (Å²) in [6, 6.07) is 8.40. The molecular formula is C20H21F3N6O2. The van der Waals surface area contributed by atoms with Crippen LogP contribution in [0.25, 0.3) is 5.78 Å². The number of nitrogens with one attached hydrogen (secondary N) is 1. The molecule has 0 aliphatic carbocycles. The minimum absolute atomic E-state index is 0.0629. The number of halogens is 3. The van der Waals surface area contributed by atoms with Crippen molar-refractivity contribution in [2.24, 2.45) is 5.92 Å². The minimum Gasteiger partial charge on any atom is -0.497 e. The van der Waals surface area contributed by atoms with Crippen LogP contribution in [-0.4, -0.2) is 45.7 Å². The lowest BCUT2D eigenvalue weighted by atomic mass is 9.95. The van der Waals surface area contributed by atoms with Gasteiger partial charge in [-0.25, -0.2) is 4.98 Å². The van der Waals surface area contributed by atoms with Gasteiger partial charge >= 0.3 is 6.18 Å². The lowest BCUT2D eigenvalue weighted by Gasteiger charge is -2.33. The van der Waals surface area contributed by atoms with E-state index in [1.165, 1.54) is 10.8 Å². The molecule has 1 saturated heterocycles. The Labute approximate surface area is 176 Å². The second-order valence-corrected chi connectivity index (χ2v) is 7.30. The fourth-order valence-corrected chi connectivity index (χ4v) is 3.61. The van der Waals surface area contributed by atoms with Crippen molar-refractivity contribution in [1.29, 1.82) is 0 Å². The quantitative estimate of drug-likeness (QED) is 0.665. The zero-order chi connectivity index (χ0) is 22.0. The Morgan fingerprint density at radius 1 is 1.23 bits per heavy atom. The van der Waals surface area contributed by atoms with Crippen molar-refractivity contribution in [2.45, 2.75) is 25.6 Å². The van der Waals surface area contributed by atoms with E-state index >= 15 is 0 Å². The molecule has 4 rings (SSSR count). The second kappa shape index (κ2) is 8.40. The maximum Gasteiger partial charge on any atom is 0.433 e. The van der Waals surface area contributed by atoms with Gasteiger partial charge in [0.15, 0.2) is 5.69 Å². The third-order valence-electron chi connectivity index (χ3n) is 5.34. The molecule has 1 aliphatic rings. The van der Waals surface area contributed by atoms with Crippen LogP contribution in [0.2, 0.25) is 0 Å². The summed E-state index contributed by atoms with van der Waals surface area (Å²) in [4.78, 5) is 21.7. The number of aromatic nitrogens is 4. The van der Waals surface area contributed by atoms with Crippen LogP contribution >= 0.6 is 0 Å². The number of carbonyl (C=O) groups is 1. The minimum atomic E-state index is -4.58. The largest absolute Gasteiger partial charge is 0.497 e. The summed E-state index contributed by atoms with van der Waals surface area (Å²) in [5.41, 5.74) is -0.0565. The van der Waals surface area contributed by atoms with Crippen molar-refractivity contribution in [3.8, 4) is 5.75 Å². The Bertz CT molecular complexity index is 1060. The van der Waals surface area contributed by atoms with Crippen molar-refractivity contribution < 1.29 is 22.7 Å². The van der Waals surface area contributed by atoms with Crippen molar-refractivity contribution in [1.82, 2.24) is 24.9 Å². The first-order chi connectivity index (χ1) is 14.8. The summed E-state index contributed by atoms with van der Waals surface area (Å²) in [7, 11) is 1.59. The van der Waals surface area contributed by atoms with Crippen molar-refractivity contribution >= 4 is 17.5 Å². The van der Waals surface area contributed by atoms with Crippen molar-refractivity contribution in [2.75, 3.05) is 25.1 Å². The third-order valence-corrected chi connectivity index (χ3v) is 5.34. The maximum atomic E-state index is 13.2. The van der Waals surface area contributed by atoms with Gasteiger partial charge in [-0.3, -0.25) is 4.79 Å². The Balaban J connectivity index is 1.39. The molecule has 11 heteroatoms. The molecule has 1 aliphatic heterocycles. The fraction of sp³-hybridized carbons (Fsp3) is 0.400. The number of anilines is 1. The molecule has 1 amide bonds. The van der Waals surface area contributed by atoms with Gasteiger partial charge in [0, 0.05) is 31.6 Å². The van der Waals surface area contributed by atoms with Gasteiger partial charge in [-0.15, -0.1) is 0 Å². The molecule has 0 unspecified atom stereocenters. The van der Waals surface area contributed by atoms with Gasteiger partial charge < -0.3 is 15.0 Å². The Kier molecular flexibility index (Phi) is 5.66. The smallest absolute Gasteiger partial charge is 0.433 e. The number of methoxy groups -OCH3 is 1. The Hall–Kier alpha value is -3.37. The molecule has 0 radical (unpaired) electrons. The SMILES string of the molecule is COc1ccc(CNC(=O)C2CCN(c3cc(C(F)(F)F)nc4ncnn34)CC2)cc1. The molecule has 0 spiro atoms. The average molecular weight is 434 g/mol. The zero-order valence-electron chi connectivity index (χ0n) is 16.8. The second-order valence-electron chi connectivity index (χ2n) is 7.30. The van der Waals surface area contributed by atoms with Crippen LogP contribution in [0.1, 0.15) is 24.1 Å². The van der Waals surface area contributed by atoms with Crippen LogP contribution in [0, 0.1) is 5.92 Å². The number of fused-ring (bicyclic) bond motifs is 1. The lowest BCUT2D eigenvalue weighted by Crippen LogP contribution is -2.41. The first-order valence-electron chi connectivity index (χ1n) is 9.78. The highest BCUT2D eigenvalue weighted by atomic mass is 19.4. The number of hydrogen-bond acceptors (Lipinski definition) is 6. The van der Waals surface area contributed by atoms with E-state index in [1.807, 2.05) is 24.3 Å². The molecule has 1 fully saturated rings. The number of carbonyl (C=O) groups excluding carboxylic acids is 1. The van der Waals surface area contributed by atoms with Gasteiger partial charge in [0.1, 0.15) is 17.9 Å². The highest BCUT2D eigenvalue weighted by molar-refractivity contribution is 5.79. The Morgan fingerprint density at radius 2 is 1.94 bits per heavy atom. The molecule has 31 heavy (non-hydrogen) atoms. The average Bonchev–Trinajstić information content (AvgIpc) is 3.25. The highest BCUT2D eigenvalue weighted by Crippen LogP contribution is 2.32. The van der Waals surface area contributed by atoms with Crippen molar-refractivity contribution in [3.63, 3.8) is 0 Å². The molecule has 0 atom stereocenters. The molecule has 8 nitrogen and oxygen atoms in total. The predicted octanol–water partition coefficient (Wildman–Crippen LogP) is 2.68. The number of piperidine rings is 1. The lowest BCUT2D eigenvalue weighted by molar-refractivity contribution is -0.141. The van der Waals surface area contributed by atoms with Gasteiger partial charge in [-0.2, -0.15) is 27.8 Å². The monoisotopic (exact) mass is 434 g/mol. The van der Waals surface area contributed by atoms with E-state index < -0.39 is 11.9 Å². The number of nitrogens with zero attached hydrogens (tertiary/aromatic N) is 5. The van der Waals surface area contributed by atoms with Gasteiger partial charge in [-0.1, -0.05) is 12.1 Å². The number of rotatable bonds is 5. The Morgan fingerprint density at radius 3 is 2.58 bits per heavy atom. The van der Waals surface area contributed by atoms with E-state index in [0.29, 0.717) is 32.5 Å². The van der Waals surface area contributed by atoms with Crippen LogP contribution < -0.4 is 15.0 Å². The third kappa shape index (κ3) is 4.54. The molecular weight excluding hydrogens is 413 g/mol. The van der Waals surface area contributed by atoms with E-state index in [9.17, 15) is 18.0 Å². The number of benzene rings is 1. The number of ether oxygens (including phenoxy) is 1. The van der Waals surface area contributed by atoms with E-state index in [-0.39, 0.29) is 23.4 Å². The van der Waals surface area contributed by atoms with Crippen LogP contribution in [0.4, 0.5) is 19.0 Å². The summed E-state index contributed by atoms with van der Waals surface area (Å²) >= 11 is 0. The van der Waals surface area contributed by atoms with Crippen LogP contribution in [0.3, 0.4) is 0 Å². The summed E-state index contributed by atoms with van der Waals surface area (Å²) in [5.74, 6) is 0.640. The van der Waals surface area contributed by atoms with Crippen LogP contribution in [-0.2, 0) is 17.5 Å². The molecule has 0 saturated carbocycles. The van der Waals surface area contributed by atoms with Crippen LogP contribution in [0.15, 0.2) is 36.7 Å². The van der Waals surface area contributed by atoms with Crippen LogP contribution in [0.5, 0.6) is 5.75 Å². The number of alkyl halides is 3. The molecule has 3 aromatic rings. The highest BCUT2D eigenvalue weighted by Gasteiger charge is 2.35.